The van der Waals surface area contributed by atoms with Crippen molar-refractivity contribution in [1.82, 2.24) is 14.6 Å². The monoisotopic (exact) mass is 319 g/mol. The molecule has 1 amide bonds. The standard InChI is InChI=1S/C12H18ClN3O3S/c1-12(2,3)15-10(17)8-16(4)20(18,19)9-6-5-7-14-11(9)13/h5-7H,8H2,1-4H3,(H,15,17). The molecule has 1 rings (SSSR count). The van der Waals surface area contributed by atoms with Gasteiger partial charge in [0.15, 0.2) is 0 Å². The van der Waals surface area contributed by atoms with Gasteiger partial charge in [0.1, 0.15) is 10.0 Å². The molecule has 0 aromatic carbocycles. The summed E-state index contributed by atoms with van der Waals surface area (Å²) in [5.41, 5.74) is -0.423. The van der Waals surface area contributed by atoms with Gasteiger partial charge >= 0.3 is 0 Å². The van der Waals surface area contributed by atoms with Crippen LogP contribution in [-0.2, 0) is 14.8 Å². The molecule has 0 aliphatic rings. The number of sulfonamides is 1. The Balaban J connectivity index is 2.89. The van der Waals surface area contributed by atoms with E-state index in [1.165, 1.54) is 25.4 Å². The van der Waals surface area contributed by atoms with E-state index in [9.17, 15) is 13.2 Å². The van der Waals surface area contributed by atoms with Gasteiger partial charge in [0.05, 0.1) is 6.54 Å². The number of pyridine rings is 1. The first-order valence-corrected chi connectivity index (χ1v) is 7.74. The van der Waals surface area contributed by atoms with Crippen molar-refractivity contribution >= 4 is 27.5 Å². The molecule has 0 saturated heterocycles. The molecule has 0 bridgehead atoms. The first-order valence-electron chi connectivity index (χ1n) is 5.92. The molecular weight excluding hydrogens is 302 g/mol. The molecule has 20 heavy (non-hydrogen) atoms. The summed E-state index contributed by atoms with van der Waals surface area (Å²) < 4.78 is 25.5. The SMILES string of the molecule is CN(CC(=O)NC(C)(C)C)S(=O)(=O)c1cccnc1Cl. The van der Waals surface area contributed by atoms with Crippen molar-refractivity contribution in [2.24, 2.45) is 0 Å². The lowest BCUT2D eigenvalue weighted by molar-refractivity contribution is -0.122. The Morgan fingerprint density at radius 3 is 2.55 bits per heavy atom. The largest absolute Gasteiger partial charge is 0.350 e. The first kappa shape index (κ1) is 16.9. The van der Waals surface area contributed by atoms with Crippen molar-refractivity contribution in [3.8, 4) is 0 Å². The summed E-state index contributed by atoms with van der Waals surface area (Å²) in [5.74, 6) is -0.386. The number of halogens is 1. The third-order valence-corrected chi connectivity index (χ3v) is 4.54. The molecule has 8 heteroatoms. The summed E-state index contributed by atoms with van der Waals surface area (Å²) in [6.45, 7) is 5.16. The summed E-state index contributed by atoms with van der Waals surface area (Å²) in [5, 5.41) is 2.58. The second-order valence-electron chi connectivity index (χ2n) is 5.35. The fourth-order valence-electron chi connectivity index (χ4n) is 1.48. The van der Waals surface area contributed by atoms with E-state index in [1.807, 2.05) is 20.8 Å². The van der Waals surface area contributed by atoms with Crippen molar-refractivity contribution in [2.45, 2.75) is 31.2 Å². The van der Waals surface area contributed by atoms with Crippen molar-refractivity contribution in [2.75, 3.05) is 13.6 Å². The number of carbonyl (C=O) groups excluding carboxylic acids is 1. The van der Waals surface area contributed by atoms with Gasteiger partial charge in [0, 0.05) is 18.8 Å². The summed E-state index contributed by atoms with van der Waals surface area (Å²) >= 11 is 5.78. The van der Waals surface area contributed by atoms with Crippen molar-refractivity contribution in [1.29, 1.82) is 0 Å². The van der Waals surface area contributed by atoms with Crippen LogP contribution in [0.25, 0.3) is 0 Å². The number of hydrogen-bond donors (Lipinski definition) is 1. The van der Waals surface area contributed by atoms with Crippen LogP contribution < -0.4 is 5.32 Å². The second-order valence-corrected chi connectivity index (χ2v) is 7.72. The van der Waals surface area contributed by atoms with Crippen LogP contribution in [0.5, 0.6) is 0 Å². The Morgan fingerprint density at radius 2 is 2.05 bits per heavy atom. The Morgan fingerprint density at radius 1 is 1.45 bits per heavy atom. The molecule has 0 unspecified atom stereocenters. The lowest BCUT2D eigenvalue weighted by atomic mass is 10.1. The zero-order valence-corrected chi connectivity index (χ0v) is 13.4. The molecule has 6 nitrogen and oxygen atoms in total. The van der Waals surface area contributed by atoms with Crippen LogP contribution in [0, 0.1) is 0 Å². The van der Waals surface area contributed by atoms with E-state index >= 15 is 0 Å². The first-order chi connectivity index (χ1) is 9.04. The minimum atomic E-state index is -3.84. The number of hydrogen-bond acceptors (Lipinski definition) is 4. The smallest absolute Gasteiger partial charge is 0.246 e. The summed E-state index contributed by atoms with van der Waals surface area (Å²) in [7, 11) is -2.52. The van der Waals surface area contributed by atoms with Crippen LogP contribution in [0.2, 0.25) is 5.15 Å². The van der Waals surface area contributed by atoms with E-state index in [1.54, 1.807) is 0 Å². The third-order valence-electron chi connectivity index (χ3n) is 2.29. The van der Waals surface area contributed by atoms with Gasteiger partial charge in [-0.25, -0.2) is 13.4 Å². The predicted octanol–water partition coefficient (Wildman–Crippen LogP) is 1.27. The molecule has 1 aromatic heterocycles. The highest BCUT2D eigenvalue weighted by Gasteiger charge is 2.26. The highest BCUT2D eigenvalue weighted by atomic mass is 35.5. The average molecular weight is 320 g/mol. The summed E-state index contributed by atoms with van der Waals surface area (Å²) in [6.07, 6.45) is 1.40. The molecule has 1 N–H and O–H groups in total. The Hall–Kier alpha value is -1.18. The molecule has 1 aromatic rings. The van der Waals surface area contributed by atoms with E-state index in [2.05, 4.69) is 10.3 Å². The van der Waals surface area contributed by atoms with Gasteiger partial charge in [-0.1, -0.05) is 11.6 Å². The molecular formula is C12H18ClN3O3S. The molecule has 0 saturated carbocycles. The summed E-state index contributed by atoms with van der Waals surface area (Å²) in [6, 6.07) is 2.82. The van der Waals surface area contributed by atoms with Crippen LogP contribution in [0.15, 0.2) is 23.2 Å². The number of rotatable bonds is 4. The Bertz CT molecular complexity index is 596. The molecule has 0 aliphatic carbocycles. The van der Waals surface area contributed by atoms with Gasteiger partial charge in [-0.15, -0.1) is 0 Å². The van der Waals surface area contributed by atoms with Crippen LogP contribution in [0.4, 0.5) is 0 Å². The van der Waals surface area contributed by atoms with Gasteiger partial charge in [-0.2, -0.15) is 4.31 Å². The van der Waals surface area contributed by atoms with Gasteiger partial charge in [0.25, 0.3) is 0 Å². The lowest BCUT2D eigenvalue weighted by Gasteiger charge is -2.23. The van der Waals surface area contributed by atoms with E-state index in [0.717, 1.165) is 4.31 Å². The van der Waals surface area contributed by atoms with E-state index in [4.69, 9.17) is 11.6 Å². The second kappa shape index (κ2) is 6.07. The number of amides is 1. The number of nitrogens with one attached hydrogen (secondary N) is 1. The molecule has 1 heterocycles. The maximum atomic E-state index is 12.3. The highest BCUT2D eigenvalue weighted by molar-refractivity contribution is 7.89. The van der Waals surface area contributed by atoms with Crippen molar-refractivity contribution in [3.63, 3.8) is 0 Å². The number of likely N-dealkylation sites (N-methyl/N-ethyl adjacent to an activating group) is 1. The van der Waals surface area contributed by atoms with E-state index in [0.29, 0.717) is 0 Å². The third kappa shape index (κ3) is 4.43. The van der Waals surface area contributed by atoms with Crippen LogP contribution in [0.1, 0.15) is 20.8 Å². The van der Waals surface area contributed by atoms with E-state index < -0.39 is 15.6 Å². The lowest BCUT2D eigenvalue weighted by Crippen LogP contribution is -2.46. The Kier molecular flexibility index (Phi) is 5.12. The van der Waals surface area contributed by atoms with Gasteiger partial charge < -0.3 is 5.32 Å². The normalized spacial score (nSPS) is 12.5. The molecule has 0 fully saturated rings. The Labute approximate surface area is 124 Å². The van der Waals surface area contributed by atoms with Gasteiger partial charge in [-0.3, -0.25) is 4.79 Å². The summed E-state index contributed by atoms with van der Waals surface area (Å²) in [4.78, 5) is 15.4. The maximum absolute atomic E-state index is 12.3. The molecule has 0 spiro atoms. The molecule has 112 valence electrons. The minimum Gasteiger partial charge on any atom is -0.350 e. The number of carbonyl (C=O) groups is 1. The topological polar surface area (TPSA) is 79.4 Å². The van der Waals surface area contributed by atoms with Crippen molar-refractivity contribution < 1.29 is 13.2 Å². The number of aromatic nitrogens is 1. The van der Waals surface area contributed by atoms with Crippen LogP contribution >= 0.6 is 11.6 Å². The quantitative estimate of drug-likeness (QED) is 0.848. The fourth-order valence-corrected chi connectivity index (χ4v) is 3.03. The zero-order valence-electron chi connectivity index (χ0n) is 11.8. The van der Waals surface area contributed by atoms with E-state index in [-0.39, 0.29) is 22.5 Å². The zero-order chi connectivity index (χ0) is 15.6. The van der Waals surface area contributed by atoms with Crippen LogP contribution in [0.3, 0.4) is 0 Å². The van der Waals surface area contributed by atoms with Crippen LogP contribution in [-0.4, -0.2) is 42.7 Å². The molecule has 0 radical (unpaired) electrons. The molecule has 0 atom stereocenters. The average Bonchev–Trinajstić information content (AvgIpc) is 2.26. The maximum Gasteiger partial charge on any atom is 0.246 e. The highest BCUT2D eigenvalue weighted by Crippen LogP contribution is 2.21. The predicted molar refractivity (Wildman–Crippen MR) is 77.0 cm³/mol. The molecule has 0 aliphatic heterocycles. The fraction of sp³-hybridized carbons (Fsp3) is 0.500. The minimum absolute atomic E-state index is 0.115. The van der Waals surface area contributed by atoms with Gasteiger partial charge in [0.2, 0.25) is 15.9 Å². The van der Waals surface area contributed by atoms with Gasteiger partial charge in [-0.05, 0) is 32.9 Å². The number of nitrogens with zero attached hydrogens (tertiary/aromatic N) is 2. The van der Waals surface area contributed by atoms with Crippen molar-refractivity contribution in [3.05, 3.63) is 23.5 Å².